The van der Waals surface area contributed by atoms with Gasteiger partial charge in [0.25, 0.3) is 0 Å². The summed E-state index contributed by atoms with van der Waals surface area (Å²) in [5, 5.41) is 6.77. The molecule has 1 fully saturated rings. The van der Waals surface area contributed by atoms with Gasteiger partial charge >= 0.3 is 0 Å². The van der Waals surface area contributed by atoms with Gasteiger partial charge < -0.3 is 10.6 Å². The van der Waals surface area contributed by atoms with E-state index in [2.05, 4.69) is 15.6 Å². The number of rotatable bonds is 1. The Labute approximate surface area is 95.9 Å². The zero-order valence-electron chi connectivity index (χ0n) is 9.50. The zero-order chi connectivity index (χ0) is 10.8. The van der Waals surface area contributed by atoms with E-state index in [0.29, 0.717) is 5.92 Å². The van der Waals surface area contributed by atoms with Crippen LogP contribution in [0.1, 0.15) is 29.4 Å². The molecule has 0 saturated carbocycles. The van der Waals surface area contributed by atoms with Crippen LogP contribution in [0.2, 0.25) is 0 Å². The van der Waals surface area contributed by atoms with Gasteiger partial charge in [-0.25, -0.2) is 9.97 Å². The first-order chi connectivity index (χ1) is 7.93. The Bertz CT molecular complexity index is 371. The summed E-state index contributed by atoms with van der Waals surface area (Å²) in [6, 6.07) is 0. The molecule has 0 amide bonds. The van der Waals surface area contributed by atoms with E-state index in [0.717, 1.165) is 44.8 Å². The van der Waals surface area contributed by atoms with Gasteiger partial charge in [-0.05, 0) is 31.5 Å². The third-order valence-electron chi connectivity index (χ3n) is 3.51. The first kappa shape index (κ1) is 10.2. The van der Waals surface area contributed by atoms with Crippen LogP contribution >= 0.6 is 0 Å². The Morgan fingerprint density at radius 2 is 2.06 bits per heavy atom. The van der Waals surface area contributed by atoms with Crippen LogP contribution in [0.5, 0.6) is 0 Å². The fraction of sp³-hybridized carbons (Fsp3) is 0.667. The van der Waals surface area contributed by atoms with Crippen molar-refractivity contribution in [1.82, 2.24) is 20.6 Å². The average Bonchev–Trinajstić information content (AvgIpc) is 2.74. The molecule has 1 aromatic rings. The lowest BCUT2D eigenvalue weighted by molar-refractivity contribution is 0.685. The molecule has 0 radical (unpaired) electrons. The fourth-order valence-electron chi connectivity index (χ4n) is 2.51. The summed E-state index contributed by atoms with van der Waals surface area (Å²) >= 11 is 0. The van der Waals surface area contributed by atoms with E-state index >= 15 is 0 Å². The molecule has 0 aromatic carbocycles. The van der Waals surface area contributed by atoms with Crippen LogP contribution in [0.4, 0.5) is 0 Å². The molecule has 1 unspecified atom stereocenters. The molecule has 0 spiro atoms. The van der Waals surface area contributed by atoms with E-state index in [4.69, 9.17) is 4.98 Å². The van der Waals surface area contributed by atoms with E-state index in [-0.39, 0.29) is 0 Å². The maximum atomic E-state index is 4.76. The second-order valence-electron chi connectivity index (χ2n) is 4.64. The molecular weight excluding hydrogens is 200 g/mol. The van der Waals surface area contributed by atoms with E-state index in [1.54, 1.807) is 0 Å². The first-order valence-corrected chi connectivity index (χ1v) is 6.19. The predicted octanol–water partition coefficient (Wildman–Crippen LogP) is 0.242. The van der Waals surface area contributed by atoms with Gasteiger partial charge in [0, 0.05) is 37.3 Å². The van der Waals surface area contributed by atoms with Gasteiger partial charge in [0.15, 0.2) is 0 Å². The number of hydrogen-bond acceptors (Lipinski definition) is 4. The molecule has 1 aromatic heterocycles. The van der Waals surface area contributed by atoms with Crippen molar-refractivity contribution >= 4 is 0 Å². The Balaban J connectivity index is 1.88. The van der Waals surface area contributed by atoms with Crippen molar-refractivity contribution in [1.29, 1.82) is 0 Å². The largest absolute Gasteiger partial charge is 0.316 e. The molecule has 3 heterocycles. The maximum Gasteiger partial charge on any atom is 0.132 e. The number of hydrogen-bond donors (Lipinski definition) is 2. The van der Waals surface area contributed by atoms with Crippen molar-refractivity contribution in [3.63, 3.8) is 0 Å². The minimum absolute atomic E-state index is 0.529. The molecule has 86 valence electrons. The summed E-state index contributed by atoms with van der Waals surface area (Å²) in [5.41, 5.74) is 2.60. The maximum absolute atomic E-state index is 4.76. The van der Waals surface area contributed by atoms with Crippen LogP contribution in [0, 0.1) is 0 Å². The molecule has 1 atom stereocenters. The van der Waals surface area contributed by atoms with Gasteiger partial charge in [-0.3, -0.25) is 0 Å². The summed E-state index contributed by atoms with van der Waals surface area (Å²) in [7, 11) is 0. The van der Waals surface area contributed by atoms with E-state index in [1.807, 2.05) is 6.20 Å². The molecule has 0 aliphatic carbocycles. The predicted molar refractivity (Wildman–Crippen MR) is 62.5 cm³/mol. The van der Waals surface area contributed by atoms with Crippen molar-refractivity contribution in [3.8, 4) is 0 Å². The van der Waals surface area contributed by atoms with Crippen LogP contribution in [0.15, 0.2) is 6.20 Å². The first-order valence-electron chi connectivity index (χ1n) is 6.19. The molecular formula is C12H18N4. The van der Waals surface area contributed by atoms with Gasteiger partial charge in [-0.15, -0.1) is 0 Å². The molecule has 2 N–H and O–H groups in total. The molecule has 3 rings (SSSR count). The highest BCUT2D eigenvalue weighted by atomic mass is 15.0. The Kier molecular flexibility index (Phi) is 2.84. The zero-order valence-corrected chi connectivity index (χ0v) is 9.50. The summed E-state index contributed by atoms with van der Waals surface area (Å²) in [5.74, 6) is 1.58. The smallest absolute Gasteiger partial charge is 0.132 e. The molecule has 4 nitrogen and oxygen atoms in total. The van der Waals surface area contributed by atoms with Crippen molar-refractivity contribution < 1.29 is 0 Å². The summed E-state index contributed by atoms with van der Waals surface area (Å²) in [6.07, 6.45) is 5.34. The quantitative estimate of drug-likeness (QED) is 0.709. The Hall–Kier alpha value is -1.00. The fourth-order valence-corrected chi connectivity index (χ4v) is 2.51. The van der Waals surface area contributed by atoms with Crippen molar-refractivity contribution in [2.45, 2.75) is 25.2 Å². The van der Waals surface area contributed by atoms with E-state index in [1.165, 1.54) is 17.7 Å². The van der Waals surface area contributed by atoms with Crippen molar-refractivity contribution in [3.05, 3.63) is 23.3 Å². The van der Waals surface area contributed by atoms with Crippen LogP contribution in [-0.4, -0.2) is 36.1 Å². The third-order valence-corrected chi connectivity index (χ3v) is 3.51. The van der Waals surface area contributed by atoms with Crippen molar-refractivity contribution in [2.75, 3.05) is 26.2 Å². The van der Waals surface area contributed by atoms with Gasteiger partial charge in [-0.2, -0.15) is 0 Å². The van der Waals surface area contributed by atoms with Crippen LogP contribution in [0.25, 0.3) is 0 Å². The number of aromatic nitrogens is 2. The average molecular weight is 218 g/mol. The molecule has 0 bridgehead atoms. The summed E-state index contributed by atoms with van der Waals surface area (Å²) < 4.78 is 0. The molecule has 16 heavy (non-hydrogen) atoms. The number of nitrogens with one attached hydrogen (secondary N) is 2. The lowest BCUT2D eigenvalue weighted by Crippen LogP contribution is -2.16. The Morgan fingerprint density at radius 3 is 2.94 bits per heavy atom. The number of nitrogens with zero attached hydrogens (tertiary/aromatic N) is 2. The highest BCUT2D eigenvalue weighted by Gasteiger charge is 2.20. The SMILES string of the molecule is c1nc(C2CCNC2)nc2c1CCNCC2. The molecule has 1 saturated heterocycles. The summed E-state index contributed by atoms with van der Waals surface area (Å²) in [6.45, 7) is 4.25. The normalized spacial score (nSPS) is 25.1. The monoisotopic (exact) mass is 218 g/mol. The Morgan fingerprint density at radius 1 is 1.12 bits per heavy atom. The van der Waals surface area contributed by atoms with E-state index < -0.39 is 0 Å². The van der Waals surface area contributed by atoms with Gasteiger partial charge in [0.05, 0.1) is 0 Å². The summed E-state index contributed by atoms with van der Waals surface area (Å²) in [4.78, 5) is 9.30. The van der Waals surface area contributed by atoms with Crippen molar-refractivity contribution in [2.24, 2.45) is 0 Å². The van der Waals surface area contributed by atoms with E-state index in [9.17, 15) is 0 Å². The second kappa shape index (κ2) is 4.47. The lowest BCUT2D eigenvalue weighted by Gasteiger charge is -2.10. The van der Waals surface area contributed by atoms with Gasteiger partial charge in [0.1, 0.15) is 5.82 Å². The van der Waals surface area contributed by atoms with Crippen LogP contribution in [0.3, 0.4) is 0 Å². The molecule has 2 aliphatic heterocycles. The highest BCUT2D eigenvalue weighted by Crippen LogP contribution is 2.20. The van der Waals surface area contributed by atoms with Gasteiger partial charge in [-0.1, -0.05) is 0 Å². The van der Waals surface area contributed by atoms with Crippen LogP contribution < -0.4 is 10.6 Å². The minimum Gasteiger partial charge on any atom is -0.316 e. The van der Waals surface area contributed by atoms with Gasteiger partial charge in [0.2, 0.25) is 0 Å². The highest BCUT2D eigenvalue weighted by molar-refractivity contribution is 5.21. The lowest BCUT2D eigenvalue weighted by atomic mass is 10.1. The topological polar surface area (TPSA) is 49.8 Å². The molecule has 4 heteroatoms. The third kappa shape index (κ3) is 1.95. The van der Waals surface area contributed by atoms with Crippen LogP contribution in [-0.2, 0) is 12.8 Å². The minimum atomic E-state index is 0.529. The molecule has 2 aliphatic rings. The standard InChI is InChI=1S/C12H18N4/c1-4-13-6-3-11-9(1)8-15-12(16-11)10-2-5-14-7-10/h8,10,13-14H,1-7H2. The number of fused-ring (bicyclic) bond motifs is 1. The second-order valence-corrected chi connectivity index (χ2v) is 4.64.